The molecule has 7 nitrogen and oxygen atoms in total. The molecule has 4 N–H and O–H groups in total. The van der Waals surface area contributed by atoms with Crippen LogP contribution in [0.15, 0.2) is 56.9 Å². The van der Waals surface area contributed by atoms with Gasteiger partial charge in [0.15, 0.2) is 5.88 Å². The summed E-state index contributed by atoms with van der Waals surface area (Å²) in [6, 6.07) is 6.35. The zero-order valence-corrected chi connectivity index (χ0v) is 14.1. The first-order chi connectivity index (χ1) is 13.3. The average molecular weight is 390 g/mol. The zero-order chi connectivity index (χ0) is 20.3. The number of aromatic amines is 1. The van der Waals surface area contributed by atoms with E-state index in [1.807, 2.05) is 0 Å². The highest BCUT2D eigenvalue weighted by atomic mass is 19.4. The smallest absolute Gasteiger partial charge is 0.418 e. The number of aromatic nitrogens is 1. The Morgan fingerprint density at radius 2 is 2.04 bits per heavy atom. The van der Waals surface area contributed by atoms with Crippen LogP contribution in [0.4, 0.5) is 19.1 Å². The first-order valence-corrected chi connectivity index (χ1v) is 7.84. The van der Waals surface area contributed by atoms with Crippen LogP contribution >= 0.6 is 0 Å². The van der Waals surface area contributed by atoms with Crippen molar-refractivity contribution in [1.82, 2.24) is 10.4 Å². The van der Waals surface area contributed by atoms with Gasteiger partial charge in [0, 0.05) is 23.9 Å². The van der Waals surface area contributed by atoms with E-state index in [1.54, 1.807) is 12.1 Å². The summed E-state index contributed by atoms with van der Waals surface area (Å²) >= 11 is 0. The number of benzene rings is 1. The van der Waals surface area contributed by atoms with E-state index >= 15 is 0 Å². The Hall–Kier alpha value is -3.82. The molecule has 28 heavy (non-hydrogen) atoms. The average Bonchev–Trinajstić information content (AvgIpc) is 3.05. The molecule has 0 saturated carbocycles. The molecule has 0 aliphatic heterocycles. The van der Waals surface area contributed by atoms with Gasteiger partial charge in [0.2, 0.25) is 5.43 Å². The normalized spacial score (nSPS) is 12.2. The third-order valence-corrected chi connectivity index (χ3v) is 3.70. The van der Waals surface area contributed by atoms with Gasteiger partial charge >= 0.3 is 6.18 Å². The number of carbonyl (C=O) groups excluding carboxylic acids is 1. The van der Waals surface area contributed by atoms with E-state index in [0.717, 1.165) is 18.3 Å². The zero-order valence-electron chi connectivity index (χ0n) is 14.1. The molecular formula is C18H13F3N4O3. The molecule has 0 unspecified atom stereocenters. The van der Waals surface area contributed by atoms with Gasteiger partial charge in [0.05, 0.1) is 11.1 Å². The molecule has 0 saturated heterocycles. The Bertz CT molecular complexity index is 1140. The van der Waals surface area contributed by atoms with E-state index in [-0.39, 0.29) is 22.4 Å². The van der Waals surface area contributed by atoms with E-state index in [0.29, 0.717) is 5.76 Å². The van der Waals surface area contributed by atoms with E-state index < -0.39 is 23.1 Å². The predicted molar refractivity (Wildman–Crippen MR) is 97.7 cm³/mol. The summed E-state index contributed by atoms with van der Waals surface area (Å²) in [4.78, 5) is 26.9. The van der Waals surface area contributed by atoms with E-state index in [9.17, 15) is 22.8 Å². The van der Waals surface area contributed by atoms with Crippen molar-refractivity contribution in [2.75, 3.05) is 5.73 Å². The SMILES string of the molecule is Nc1ccc(/C=C/C=N/NC(=O)c2c[nH]c3c(C(F)(F)F)cccc3c2=O)o1. The van der Waals surface area contributed by atoms with Gasteiger partial charge in [-0.3, -0.25) is 9.59 Å². The number of nitrogens with two attached hydrogens (primary N) is 1. The molecule has 2 aromatic heterocycles. The Labute approximate surface area is 155 Å². The van der Waals surface area contributed by atoms with Gasteiger partial charge in [0.25, 0.3) is 5.91 Å². The van der Waals surface area contributed by atoms with Crippen LogP contribution in [-0.2, 0) is 6.18 Å². The fourth-order valence-electron chi connectivity index (χ4n) is 2.45. The molecule has 2 heterocycles. The molecule has 0 spiro atoms. The van der Waals surface area contributed by atoms with Crippen molar-refractivity contribution in [3.63, 3.8) is 0 Å². The molecule has 1 aromatic carbocycles. The van der Waals surface area contributed by atoms with Crippen molar-refractivity contribution in [1.29, 1.82) is 0 Å². The quantitative estimate of drug-likeness (QED) is 0.469. The number of halogens is 3. The number of hydrogen-bond acceptors (Lipinski definition) is 5. The van der Waals surface area contributed by atoms with E-state index in [2.05, 4.69) is 15.5 Å². The highest BCUT2D eigenvalue weighted by Gasteiger charge is 2.33. The van der Waals surface area contributed by atoms with Crippen molar-refractivity contribution in [3.8, 4) is 0 Å². The minimum absolute atomic E-state index is 0.245. The molecule has 0 bridgehead atoms. The number of para-hydroxylation sites is 1. The van der Waals surface area contributed by atoms with Gasteiger partial charge in [-0.2, -0.15) is 18.3 Å². The number of carbonyl (C=O) groups is 1. The number of anilines is 1. The summed E-state index contributed by atoms with van der Waals surface area (Å²) < 4.78 is 44.2. The second kappa shape index (κ2) is 7.43. The number of alkyl halides is 3. The van der Waals surface area contributed by atoms with Crippen LogP contribution in [0.1, 0.15) is 21.7 Å². The minimum Gasteiger partial charge on any atom is -0.442 e. The van der Waals surface area contributed by atoms with E-state index in [1.165, 1.54) is 24.4 Å². The Morgan fingerprint density at radius 3 is 2.71 bits per heavy atom. The summed E-state index contributed by atoms with van der Waals surface area (Å²) in [6.45, 7) is 0. The lowest BCUT2D eigenvalue weighted by atomic mass is 10.1. The molecule has 0 atom stereocenters. The fourth-order valence-corrected chi connectivity index (χ4v) is 2.45. The fraction of sp³-hybridized carbons (Fsp3) is 0.0556. The van der Waals surface area contributed by atoms with Crippen LogP contribution in [0.25, 0.3) is 17.0 Å². The Balaban J connectivity index is 1.79. The molecular weight excluding hydrogens is 377 g/mol. The van der Waals surface area contributed by atoms with Crippen molar-refractivity contribution in [2.45, 2.75) is 6.18 Å². The first-order valence-electron chi connectivity index (χ1n) is 7.84. The number of hydrazone groups is 1. The van der Waals surface area contributed by atoms with Gasteiger partial charge in [-0.1, -0.05) is 6.07 Å². The second-order valence-corrected chi connectivity index (χ2v) is 5.58. The number of pyridine rings is 1. The standard InChI is InChI=1S/C18H13F3N4O3/c19-18(20,21)13-5-1-4-11-15(13)23-9-12(16(11)26)17(27)25-24-8-2-3-10-6-7-14(22)28-10/h1-9H,22H2,(H,23,26)(H,25,27)/b3-2+,24-8+. The van der Waals surface area contributed by atoms with Crippen LogP contribution in [0.5, 0.6) is 0 Å². The number of amides is 1. The molecule has 0 radical (unpaired) electrons. The maximum absolute atomic E-state index is 13.0. The van der Waals surface area contributed by atoms with Gasteiger partial charge in [-0.05, 0) is 30.4 Å². The number of nitrogen functional groups attached to an aromatic ring is 1. The molecule has 0 aliphatic carbocycles. The monoisotopic (exact) mass is 390 g/mol. The third kappa shape index (κ3) is 3.95. The van der Waals surface area contributed by atoms with Crippen LogP contribution in [0.3, 0.4) is 0 Å². The summed E-state index contributed by atoms with van der Waals surface area (Å²) in [5.41, 5.74) is 4.95. The molecule has 1 amide bonds. The molecule has 3 rings (SSSR count). The summed E-state index contributed by atoms with van der Waals surface area (Å²) in [5, 5.41) is 3.38. The Kier molecular flexibility index (Phi) is 5.03. The largest absolute Gasteiger partial charge is 0.442 e. The summed E-state index contributed by atoms with van der Waals surface area (Å²) in [6.07, 6.45) is 0.508. The third-order valence-electron chi connectivity index (χ3n) is 3.70. The lowest BCUT2D eigenvalue weighted by Crippen LogP contribution is -2.25. The van der Waals surface area contributed by atoms with Crippen molar-refractivity contribution >= 4 is 35.0 Å². The number of allylic oxidation sites excluding steroid dienone is 1. The van der Waals surface area contributed by atoms with E-state index in [4.69, 9.17) is 10.2 Å². The van der Waals surface area contributed by atoms with Crippen LogP contribution in [-0.4, -0.2) is 17.1 Å². The van der Waals surface area contributed by atoms with Gasteiger partial charge < -0.3 is 15.1 Å². The highest BCUT2D eigenvalue weighted by Crippen LogP contribution is 2.32. The number of rotatable bonds is 4. The molecule has 0 aliphatic rings. The lowest BCUT2D eigenvalue weighted by molar-refractivity contribution is -0.136. The first kappa shape index (κ1) is 19.0. The van der Waals surface area contributed by atoms with Gasteiger partial charge in [-0.25, -0.2) is 5.43 Å². The highest BCUT2D eigenvalue weighted by molar-refractivity contribution is 5.98. The lowest BCUT2D eigenvalue weighted by Gasteiger charge is -2.10. The predicted octanol–water partition coefficient (Wildman–Crippen LogP) is 3.15. The summed E-state index contributed by atoms with van der Waals surface area (Å²) in [7, 11) is 0. The van der Waals surface area contributed by atoms with Crippen LogP contribution in [0.2, 0.25) is 0 Å². The number of nitrogens with zero attached hydrogens (tertiary/aromatic N) is 1. The number of fused-ring (bicyclic) bond motifs is 1. The van der Waals surface area contributed by atoms with Gasteiger partial charge in [0.1, 0.15) is 11.3 Å². The van der Waals surface area contributed by atoms with Crippen molar-refractivity contribution < 1.29 is 22.4 Å². The molecule has 144 valence electrons. The topological polar surface area (TPSA) is 113 Å². The maximum atomic E-state index is 13.0. The second-order valence-electron chi connectivity index (χ2n) is 5.58. The molecule has 3 aromatic rings. The number of hydrogen-bond donors (Lipinski definition) is 3. The van der Waals surface area contributed by atoms with Crippen molar-refractivity contribution in [3.05, 3.63) is 69.7 Å². The summed E-state index contributed by atoms with van der Waals surface area (Å²) in [5.74, 6) is -0.150. The van der Waals surface area contributed by atoms with Crippen molar-refractivity contribution in [2.24, 2.45) is 5.10 Å². The number of nitrogens with one attached hydrogen (secondary N) is 2. The van der Waals surface area contributed by atoms with Crippen LogP contribution in [0, 0.1) is 0 Å². The maximum Gasteiger partial charge on any atom is 0.418 e. The molecule has 0 fully saturated rings. The molecule has 10 heteroatoms. The minimum atomic E-state index is -4.64. The number of furan rings is 1. The van der Waals surface area contributed by atoms with Gasteiger partial charge in [-0.15, -0.1) is 0 Å². The van der Waals surface area contributed by atoms with Crippen LogP contribution < -0.4 is 16.6 Å². The number of H-pyrrole nitrogens is 1. The Morgan fingerprint density at radius 1 is 1.25 bits per heavy atom.